The molecule has 2 rings (SSSR count). The molecule has 0 aliphatic rings. The van der Waals surface area contributed by atoms with Gasteiger partial charge >= 0.3 is 0 Å². The number of nitrogens with zero attached hydrogens (tertiary/aromatic N) is 1. The molecule has 0 saturated heterocycles. The Hall–Kier alpha value is -2.56. The molecule has 1 aromatic carbocycles. The summed E-state index contributed by atoms with van der Waals surface area (Å²) in [5, 5.41) is 3.20. The molecule has 3 N–H and O–H groups in total. The molecule has 2 aromatic rings. The molecule has 1 unspecified atom stereocenters. The lowest BCUT2D eigenvalue weighted by Gasteiger charge is -2.15. The largest absolute Gasteiger partial charge is 0.491 e. The second-order valence-electron chi connectivity index (χ2n) is 4.97. The highest BCUT2D eigenvalue weighted by atomic mass is 16.5. The zero-order valence-electron chi connectivity index (χ0n) is 12.2. The van der Waals surface area contributed by atoms with Crippen LogP contribution in [0.4, 0.5) is 5.82 Å². The van der Waals surface area contributed by atoms with Crippen molar-refractivity contribution in [2.45, 2.75) is 19.9 Å². The number of nitrogens with two attached hydrogens (primary N) is 1. The molecule has 110 valence electrons. The first-order chi connectivity index (χ1) is 10.0. The van der Waals surface area contributed by atoms with Gasteiger partial charge in [0.2, 0.25) is 5.91 Å². The van der Waals surface area contributed by atoms with Crippen LogP contribution in [0.2, 0.25) is 0 Å². The Bertz CT molecular complexity index is 594. The highest BCUT2D eigenvalue weighted by Gasteiger charge is 2.05. The second-order valence-corrected chi connectivity index (χ2v) is 4.97. The van der Waals surface area contributed by atoms with Crippen LogP contribution in [0.5, 0.6) is 5.75 Å². The number of rotatable bonds is 6. The molecule has 5 heteroatoms. The molecule has 5 nitrogen and oxygen atoms in total. The number of aryl methyl sites for hydroxylation is 1. The Balaban J connectivity index is 1.85. The van der Waals surface area contributed by atoms with Crippen molar-refractivity contribution >= 4 is 11.7 Å². The van der Waals surface area contributed by atoms with Gasteiger partial charge in [0.25, 0.3) is 0 Å². The van der Waals surface area contributed by atoms with Gasteiger partial charge < -0.3 is 15.8 Å². The molecule has 1 aromatic heterocycles. The molecule has 0 spiro atoms. The van der Waals surface area contributed by atoms with Gasteiger partial charge in [0, 0.05) is 6.20 Å². The molecule has 1 heterocycles. The maximum absolute atomic E-state index is 11.0. The van der Waals surface area contributed by atoms with E-state index in [1.165, 1.54) is 11.8 Å². The zero-order valence-corrected chi connectivity index (χ0v) is 12.2. The highest BCUT2D eigenvalue weighted by Crippen LogP contribution is 2.12. The summed E-state index contributed by atoms with van der Waals surface area (Å²) in [5.74, 6) is 1.04. The first kappa shape index (κ1) is 14.8. The average Bonchev–Trinajstić information content (AvgIpc) is 2.47. The van der Waals surface area contributed by atoms with Crippen molar-refractivity contribution in [1.82, 2.24) is 4.98 Å². The van der Waals surface area contributed by atoms with Gasteiger partial charge in [0.1, 0.15) is 18.2 Å². The van der Waals surface area contributed by atoms with Crippen LogP contribution in [0, 0.1) is 6.92 Å². The quantitative estimate of drug-likeness (QED) is 0.854. The molecule has 0 aliphatic carbocycles. The molecule has 1 atom stereocenters. The summed E-state index contributed by atoms with van der Waals surface area (Å²) in [4.78, 5) is 15.1. The van der Waals surface area contributed by atoms with E-state index in [-0.39, 0.29) is 6.04 Å². The van der Waals surface area contributed by atoms with Gasteiger partial charge in [-0.2, -0.15) is 0 Å². The number of amides is 1. The summed E-state index contributed by atoms with van der Waals surface area (Å²) in [6, 6.07) is 11.4. The first-order valence-electron chi connectivity index (χ1n) is 6.76. The lowest BCUT2D eigenvalue weighted by Crippen LogP contribution is -2.24. The fourth-order valence-electron chi connectivity index (χ4n) is 1.77. The van der Waals surface area contributed by atoms with Crippen LogP contribution in [-0.2, 0) is 0 Å². The summed E-state index contributed by atoms with van der Waals surface area (Å²) >= 11 is 0. The fourth-order valence-corrected chi connectivity index (χ4v) is 1.77. The summed E-state index contributed by atoms with van der Waals surface area (Å²) in [6.45, 7) is 4.55. The van der Waals surface area contributed by atoms with Crippen molar-refractivity contribution in [2.24, 2.45) is 5.73 Å². The first-order valence-corrected chi connectivity index (χ1v) is 6.76. The molecule has 0 bridgehead atoms. The number of hydrogen-bond donors (Lipinski definition) is 2. The number of carbonyl (C=O) groups is 1. The Kier molecular flexibility index (Phi) is 4.77. The minimum absolute atomic E-state index is 0.0817. The van der Waals surface area contributed by atoms with Gasteiger partial charge in [-0.15, -0.1) is 0 Å². The van der Waals surface area contributed by atoms with Crippen molar-refractivity contribution < 1.29 is 9.53 Å². The van der Waals surface area contributed by atoms with Crippen molar-refractivity contribution in [3.05, 3.63) is 53.7 Å². The molecule has 1 amide bonds. The van der Waals surface area contributed by atoms with E-state index in [1.54, 1.807) is 12.1 Å². The number of aromatic nitrogens is 1. The van der Waals surface area contributed by atoms with Gasteiger partial charge in [-0.3, -0.25) is 4.79 Å². The predicted octanol–water partition coefficient (Wildman–Crippen LogP) is 2.37. The van der Waals surface area contributed by atoms with Crippen molar-refractivity contribution in [2.75, 3.05) is 11.9 Å². The SMILES string of the molecule is Cc1ccc(OCC(C)Nc2ccc(C(N)=O)cn2)cc1. The maximum Gasteiger partial charge on any atom is 0.250 e. The van der Waals surface area contributed by atoms with Crippen LogP contribution in [0.15, 0.2) is 42.6 Å². The van der Waals surface area contributed by atoms with Gasteiger partial charge in [-0.1, -0.05) is 17.7 Å². The van der Waals surface area contributed by atoms with Gasteiger partial charge in [0.15, 0.2) is 0 Å². The van der Waals surface area contributed by atoms with E-state index in [4.69, 9.17) is 10.5 Å². The van der Waals surface area contributed by atoms with Crippen molar-refractivity contribution in [3.63, 3.8) is 0 Å². The van der Waals surface area contributed by atoms with E-state index < -0.39 is 5.91 Å². The van der Waals surface area contributed by atoms with E-state index in [0.29, 0.717) is 18.0 Å². The maximum atomic E-state index is 11.0. The van der Waals surface area contributed by atoms with E-state index in [2.05, 4.69) is 10.3 Å². The van der Waals surface area contributed by atoms with E-state index in [1.807, 2.05) is 38.1 Å². The number of benzene rings is 1. The van der Waals surface area contributed by atoms with Crippen LogP contribution in [0.1, 0.15) is 22.8 Å². The average molecular weight is 285 g/mol. The fraction of sp³-hybridized carbons (Fsp3) is 0.250. The van der Waals surface area contributed by atoms with Crippen LogP contribution in [-0.4, -0.2) is 23.5 Å². The Morgan fingerprint density at radius 3 is 2.57 bits per heavy atom. The molecular weight excluding hydrogens is 266 g/mol. The van der Waals surface area contributed by atoms with Crippen molar-refractivity contribution in [3.8, 4) is 5.75 Å². The lowest BCUT2D eigenvalue weighted by atomic mass is 10.2. The summed E-state index contributed by atoms with van der Waals surface area (Å²) in [5.41, 5.74) is 6.76. The minimum atomic E-state index is -0.482. The molecule has 21 heavy (non-hydrogen) atoms. The topological polar surface area (TPSA) is 77.2 Å². The van der Waals surface area contributed by atoms with E-state index in [0.717, 1.165) is 5.75 Å². The number of ether oxygens (including phenoxy) is 1. The number of nitrogens with one attached hydrogen (secondary N) is 1. The molecule has 0 radical (unpaired) electrons. The predicted molar refractivity (Wildman–Crippen MR) is 82.5 cm³/mol. The van der Waals surface area contributed by atoms with Crippen molar-refractivity contribution in [1.29, 1.82) is 0 Å². The van der Waals surface area contributed by atoms with Crippen LogP contribution < -0.4 is 15.8 Å². The van der Waals surface area contributed by atoms with Gasteiger partial charge in [-0.25, -0.2) is 4.98 Å². The molecule has 0 aliphatic heterocycles. The number of hydrogen-bond acceptors (Lipinski definition) is 4. The number of primary amides is 1. The van der Waals surface area contributed by atoms with Crippen LogP contribution >= 0.6 is 0 Å². The normalized spacial score (nSPS) is 11.7. The zero-order chi connectivity index (χ0) is 15.2. The van der Waals surface area contributed by atoms with E-state index >= 15 is 0 Å². The number of anilines is 1. The molecule has 0 fully saturated rings. The van der Waals surface area contributed by atoms with E-state index in [9.17, 15) is 4.79 Å². The third kappa shape index (κ3) is 4.49. The minimum Gasteiger partial charge on any atom is -0.491 e. The third-order valence-electron chi connectivity index (χ3n) is 2.96. The smallest absolute Gasteiger partial charge is 0.250 e. The second kappa shape index (κ2) is 6.74. The number of pyridine rings is 1. The van der Waals surface area contributed by atoms with Gasteiger partial charge in [-0.05, 0) is 38.1 Å². The monoisotopic (exact) mass is 285 g/mol. The van der Waals surface area contributed by atoms with Crippen LogP contribution in [0.3, 0.4) is 0 Å². The summed E-state index contributed by atoms with van der Waals surface area (Å²) in [6.07, 6.45) is 1.46. The highest BCUT2D eigenvalue weighted by molar-refractivity contribution is 5.92. The molecular formula is C16H19N3O2. The van der Waals surface area contributed by atoms with Crippen LogP contribution in [0.25, 0.3) is 0 Å². The standard InChI is InChI=1S/C16H19N3O2/c1-11-3-6-14(7-4-11)21-10-12(2)19-15-8-5-13(9-18-15)16(17)20/h3-9,12H,10H2,1-2H3,(H2,17,20)(H,18,19). The summed E-state index contributed by atoms with van der Waals surface area (Å²) < 4.78 is 5.69. The Morgan fingerprint density at radius 2 is 2.00 bits per heavy atom. The number of carbonyl (C=O) groups excluding carboxylic acids is 1. The Labute approximate surface area is 124 Å². The summed E-state index contributed by atoms with van der Waals surface area (Å²) in [7, 11) is 0. The lowest BCUT2D eigenvalue weighted by molar-refractivity contribution is 0.1000. The molecule has 0 saturated carbocycles. The Morgan fingerprint density at radius 1 is 1.29 bits per heavy atom. The third-order valence-corrected chi connectivity index (χ3v) is 2.96. The van der Waals surface area contributed by atoms with Gasteiger partial charge in [0.05, 0.1) is 11.6 Å².